The lowest BCUT2D eigenvalue weighted by Gasteiger charge is -2.26. The van der Waals surface area contributed by atoms with Gasteiger partial charge in [0.25, 0.3) is 11.8 Å². The van der Waals surface area contributed by atoms with Gasteiger partial charge in [-0.1, -0.05) is 18.2 Å². The Labute approximate surface area is 239 Å². The van der Waals surface area contributed by atoms with E-state index in [0.717, 1.165) is 18.4 Å². The Morgan fingerprint density at radius 2 is 1.90 bits per heavy atom. The number of aliphatic carboxylic acids is 1. The molecule has 1 unspecified atom stereocenters. The maximum atomic E-state index is 13.0. The zero-order valence-corrected chi connectivity index (χ0v) is 23.3. The summed E-state index contributed by atoms with van der Waals surface area (Å²) in [4.78, 5) is 42.0. The molecular weight excluding hydrogens is 528 g/mol. The van der Waals surface area contributed by atoms with Crippen LogP contribution >= 0.6 is 0 Å². The number of benzene rings is 2. The van der Waals surface area contributed by atoms with Crippen molar-refractivity contribution in [2.24, 2.45) is 10.7 Å². The third-order valence-corrected chi connectivity index (χ3v) is 6.33. The highest BCUT2D eigenvalue weighted by Gasteiger charge is 2.29. The van der Waals surface area contributed by atoms with E-state index >= 15 is 0 Å². The molecular formula is C29H38N6O6. The van der Waals surface area contributed by atoms with Gasteiger partial charge in [-0.05, 0) is 75.5 Å². The number of aromatic hydroxyl groups is 1. The highest BCUT2D eigenvalue weighted by Crippen LogP contribution is 2.16. The Morgan fingerprint density at radius 1 is 1.12 bits per heavy atom. The van der Waals surface area contributed by atoms with E-state index < -0.39 is 29.9 Å². The number of carbonyl (C=O) groups excluding carboxylic acids is 2. The molecule has 0 fully saturated rings. The Hall–Kier alpha value is -4.58. The van der Waals surface area contributed by atoms with Crippen molar-refractivity contribution in [2.75, 3.05) is 26.2 Å². The zero-order valence-electron chi connectivity index (χ0n) is 23.3. The van der Waals surface area contributed by atoms with Gasteiger partial charge in [-0.3, -0.25) is 9.59 Å². The topological polar surface area (TPSA) is 187 Å². The van der Waals surface area contributed by atoms with Gasteiger partial charge in [0.1, 0.15) is 17.5 Å². The lowest BCUT2D eigenvalue weighted by molar-refractivity contribution is -0.141. The van der Waals surface area contributed by atoms with E-state index in [0.29, 0.717) is 54.7 Å². The van der Waals surface area contributed by atoms with Gasteiger partial charge in [0, 0.05) is 18.7 Å². The normalized spacial score (nSPS) is 15.3. The number of carboxylic acid groups (broad SMARTS) is 1. The molecule has 2 atom stereocenters. The third kappa shape index (κ3) is 9.53. The van der Waals surface area contributed by atoms with Crippen LogP contribution in [0, 0.1) is 0 Å². The maximum Gasteiger partial charge on any atom is 0.328 e. The number of carbonyl (C=O) groups is 3. The van der Waals surface area contributed by atoms with Crippen molar-refractivity contribution in [2.45, 2.75) is 45.2 Å². The summed E-state index contributed by atoms with van der Waals surface area (Å²) in [5.74, 6) is -1.13. The van der Waals surface area contributed by atoms with E-state index in [9.17, 15) is 24.6 Å². The van der Waals surface area contributed by atoms with Crippen LogP contribution in [0.1, 0.15) is 42.6 Å². The molecule has 0 aliphatic carbocycles. The highest BCUT2D eigenvalue weighted by atomic mass is 16.5. The first-order valence-electron chi connectivity index (χ1n) is 13.5. The van der Waals surface area contributed by atoms with Gasteiger partial charge in [-0.2, -0.15) is 0 Å². The Balaban J connectivity index is 1.54. The number of nitrogens with one attached hydrogen (secondary N) is 4. The van der Waals surface area contributed by atoms with E-state index in [-0.39, 0.29) is 12.3 Å². The lowest BCUT2D eigenvalue weighted by Crippen LogP contribution is -2.52. The van der Waals surface area contributed by atoms with Crippen LogP contribution in [-0.4, -0.2) is 72.3 Å². The molecule has 0 aromatic heterocycles. The molecule has 0 bridgehead atoms. The predicted molar refractivity (Wildman–Crippen MR) is 155 cm³/mol. The number of carboxylic acids is 1. The van der Waals surface area contributed by atoms with E-state index in [4.69, 9.17) is 10.5 Å². The van der Waals surface area contributed by atoms with Crippen molar-refractivity contribution in [3.8, 4) is 11.5 Å². The number of aryl methyl sites for hydroxylation is 1. The quantitative estimate of drug-likeness (QED) is 0.165. The average molecular weight is 567 g/mol. The lowest BCUT2D eigenvalue weighted by atomic mass is 10.0. The predicted octanol–water partition coefficient (Wildman–Crippen LogP) is 1.26. The molecule has 0 saturated carbocycles. The minimum Gasteiger partial charge on any atom is -0.508 e. The third-order valence-electron chi connectivity index (χ3n) is 6.33. The number of nitrogens with two attached hydrogens (primary N) is 1. The molecule has 12 nitrogen and oxygen atoms in total. The van der Waals surface area contributed by atoms with E-state index in [2.05, 4.69) is 26.3 Å². The van der Waals surface area contributed by atoms with Crippen LogP contribution in [0.15, 0.2) is 64.8 Å². The molecule has 41 heavy (non-hydrogen) atoms. The average Bonchev–Trinajstić information content (AvgIpc) is 2.93. The molecule has 8 N–H and O–H groups in total. The number of hydrogen-bond acceptors (Lipinski definition) is 9. The largest absolute Gasteiger partial charge is 0.508 e. The Bertz CT molecular complexity index is 1290. The fraction of sp³-hybridized carbons (Fsp3) is 0.379. The van der Waals surface area contributed by atoms with Gasteiger partial charge in [-0.15, -0.1) is 0 Å². The van der Waals surface area contributed by atoms with Crippen LogP contribution in [0.2, 0.25) is 0 Å². The van der Waals surface area contributed by atoms with Gasteiger partial charge in [-0.25, -0.2) is 9.79 Å². The van der Waals surface area contributed by atoms with Gasteiger partial charge in [0.2, 0.25) is 0 Å². The van der Waals surface area contributed by atoms with Crippen LogP contribution < -0.4 is 31.7 Å². The van der Waals surface area contributed by atoms with E-state index in [1.54, 1.807) is 56.3 Å². The van der Waals surface area contributed by atoms with Gasteiger partial charge in [0.15, 0.2) is 5.96 Å². The summed E-state index contributed by atoms with van der Waals surface area (Å²) in [6, 6.07) is 11.8. The minimum absolute atomic E-state index is 0.233. The molecule has 0 saturated heterocycles. The van der Waals surface area contributed by atoms with Gasteiger partial charge >= 0.3 is 5.97 Å². The molecule has 2 aromatic rings. The molecule has 2 amide bonds. The van der Waals surface area contributed by atoms with E-state index in [1.807, 2.05) is 6.07 Å². The Kier molecular flexibility index (Phi) is 11.5. The number of aliphatic imine (C=N–C) groups is 1. The molecule has 1 heterocycles. The second-order valence-electron chi connectivity index (χ2n) is 9.62. The molecule has 12 heteroatoms. The maximum absolute atomic E-state index is 13.0. The number of ether oxygens (including phenoxy) is 1. The number of amides is 2. The summed E-state index contributed by atoms with van der Waals surface area (Å²) in [6.45, 7) is 4.66. The molecule has 3 rings (SSSR count). The molecule has 0 spiro atoms. The number of phenolic OH excluding ortho intramolecular Hbond substituents is 1. The fourth-order valence-electron chi connectivity index (χ4n) is 4.25. The number of guanidine groups is 1. The highest BCUT2D eigenvalue weighted by molar-refractivity contribution is 6.00. The number of nitrogens with zero attached hydrogens (tertiary/aromatic N) is 1. The monoisotopic (exact) mass is 566 g/mol. The first-order chi connectivity index (χ1) is 19.7. The number of hydrogen-bond donors (Lipinski definition) is 7. The summed E-state index contributed by atoms with van der Waals surface area (Å²) >= 11 is 0. The standard InChI is InChI=1S/C29H38N6O6/c1-18-25(19(2)34-29(33-18)31-13-5-8-20-7-3-10-22(36)15-20)27(38)35-24(28(39)40)17-32-26(37)21-9-4-11-23(16-21)41-14-6-12-30/h3-4,7,9-11,15-16,18,24,36H,5-6,8,12-14,17,30H2,1-2H3,(H,32,37)(H,35,38)(H,39,40)(H2,31,33,34)/t18?,24-/m0/s1. The van der Waals surface area contributed by atoms with Crippen LogP contribution in [-0.2, 0) is 16.0 Å². The van der Waals surface area contributed by atoms with Gasteiger partial charge < -0.3 is 42.0 Å². The minimum atomic E-state index is -1.36. The Morgan fingerprint density at radius 3 is 2.61 bits per heavy atom. The molecule has 1 aliphatic rings. The second-order valence-corrected chi connectivity index (χ2v) is 9.62. The summed E-state index contributed by atoms with van der Waals surface area (Å²) in [7, 11) is 0. The van der Waals surface area contributed by atoms with Crippen molar-refractivity contribution in [3.05, 3.63) is 70.9 Å². The van der Waals surface area contributed by atoms with Crippen LogP contribution in [0.5, 0.6) is 11.5 Å². The van der Waals surface area contributed by atoms with Crippen molar-refractivity contribution in [3.63, 3.8) is 0 Å². The number of rotatable bonds is 14. The molecule has 0 radical (unpaired) electrons. The van der Waals surface area contributed by atoms with Gasteiger partial charge in [0.05, 0.1) is 23.9 Å². The van der Waals surface area contributed by atoms with Crippen molar-refractivity contribution in [1.82, 2.24) is 21.3 Å². The van der Waals surface area contributed by atoms with Crippen LogP contribution in [0.25, 0.3) is 0 Å². The van der Waals surface area contributed by atoms with Crippen LogP contribution in [0.3, 0.4) is 0 Å². The van der Waals surface area contributed by atoms with E-state index in [1.165, 1.54) is 0 Å². The number of allylic oxidation sites excluding steroid dienone is 1. The molecule has 1 aliphatic heterocycles. The fourth-order valence-corrected chi connectivity index (χ4v) is 4.25. The SMILES string of the molecule is CC1=C(C(=O)N[C@@H](CNC(=O)c2cccc(OCCCN)c2)C(=O)O)C(C)NC(NCCCc2cccc(O)c2)=N1. The van der Waals surface area contributed by atoms with Crippen molar-refractivity contribution < 1.29 is 29.3 Å². The van der Waals surface area contributed by atoms with Crippen molar-refractivity contribution in [1.29, 1.82) is 0 Å². The molecule has 220 valence electrons. The molecule has 2 aromatic carbocycles. The smallest absolute Gasteiger partial charge is 0.328 e. The number of phenols is 1. The summed E-state index contributed by atoms with van der Waals surface area (Å²) in [5.41, 5.74) is 7.54. The van der Waals surface area contributed by atoms with Crippen molar-refractivity contribution >= 4 is 23.7 Å². The second kappa shape index (κ2) is 15.3. The van der Waals surface area contributed by atoms with Crippen LogP contribution in [0.4, 0.5) is 0 Å². The summed E-state index contributed by atoms with van der Waals surface area (Å²) in [6.07, 6.45) is 2.24. The summed E-state index contributed by atoms with van der Waals surface area (Å²) < 4.78 is 5.55. The summed E-state index contributed by atoms with van der Waals surface area (Å²) in [5, 5.41) is 30.7. The first-order valence-corrected chi connectivity index (χ1v) is 13.5. The first kappa shape index (κ1) is 31.0. The zero-order chi connectivity index (χ0) is 29.8.